The van der Waals surface area contributed by atoms with Crippen LogP contribution >= 0.6 is 0 Å². The molecule has 6 heteroatoms. The van der Waals surface area contributed by atoms with Crippen LogP contribution in [-0.2, 0) is 4.74 Å². The Balaban J connectivity index is 1.56. The second kappa shape index (κ2) is 10.9. The highest BCUT2D eigenvalue weighted by atomic mass is 16.5. The molecule has 0 atom stereocenters. The maximum absolute atomic E-state index is 12.2. The van der Waals surface area contributed by atoms with Crippen LogP contribution in [0.4, 0.5) is 5.69 Å². The summed E-state index contributed by atoms with van der Waals surface area (Å²) < 4.78 is 15.7. The van der Waals surface area contributed by atoms with Crippen LogP contribution in [0.2, 0.25) is 0 Å². The molecule has 0 fully saturated rings. The molecule has 0 aliphatic rings. The lowest BCUT2D eigenvalue weighted by Gasteiger charge is -2.07. The van der Waals surface area contributed by atoms with Crippen LogP contribution in [0.25, 0.3) is 0 Å². The third-order valence-electron chi connectivity index (χ3n) is 4.43. The fourth-order valence-corrected chi connectivity index (χ4v) is 2.67. The molecular weight excluding hydrogens is 406 g/mol. The normalized spacial score (nSPS) is 10.9. The number of methoxy groups -OCH3 is 1. The molecule has 0 spiro atoms. The lowest BCUT2D eigenvalue weighted by atomic mass is 10.2. The van der Waals surface area contributed by atoms with Gasteiger partial charge in [0.1, 0.15) is 11.5 Å². The maximum atomic E-state index is 12.2. The Morgan fingerprint density at radius 3 is 1.97 bits per heavy atom. The van der Waals surface area contributed by atoms with Gasteiger partial charge in [-0.2, -0.15) is 0 Å². The van der Waals surface area contributed by atoms with E-state index in [1.165, 1.54) is 0 Å². The molecule has 3 aromatic rings. The summed E-state index contributed by atoms with van der Waals surface area (Å²) in [5, 5.41) is 0. The van der Waals surface area contributed by atoms with E-state index in [0.717, 1.165) is 5.56 Å². The zero-order chi connectivity index (χ0) is 22.9. The van der Waals surface area contributed by atoms with E-state index in [-0.39, 0.29) is 5.97 Å². The van der Waals surface area contributed by atoms with E-state index < -0.39 is 5.97 Å². The van der Waals surface area contributed by atoms with Gasteiger partial charge in [0, 0.05) is 6.21 Å². The summed E-state index contributed by atoms with van der Waals surface area (Å²) in [5.74, 6) is 0.619. The molecule has 0 bridgehead atoms. The molecule has 3 aromatic carbocycles. The molecule has 0 unspecified atom stereocenters. The van der Waals surface area contributed by atoms with Gasteiger partial charge >= 0.3 is 11.9 Å². The third kappa shape index (κ3) is 6.54. The monoisotopic (exact) mass is 431 g/mol. The van der Waals surface area contributed by atoms with Crippen LogP contribution in [0, 0.1) is 5.92 Å². The van der Waals surface area contributed by atoms with E-state index in [9.17, 15) is 9.59 Å². The molecule has 0 aliphatic heterocycles. The van der Waals surface area contributed by atoms with Crippen molar-refractivity contribution < 1.29 is 23.8 Å². The van der Waals surface area contributed by atoms with E-state index in [0.29, 0.717) is 40.8 Å². The third-order valence-corrected chi connectivity index (χ3v) is 4.43. The highest BCUT2D eigenvalue weighted by Gasteiger charge is 2.09. The van der Waals surface area contributed by atoms with Crippen molar-refractivity contribution in [3.63, 3.8) is 0 Å². The molecule has 0 aliphatic carbocycles. The summed E-state index contributed by atoms with van der Waals surface area (Å²) in [5.41, 5.74) is 2.48. The van der Waals surface area contributed by atoms with Gasteiger partial charge in [0.05, 0.1) is 30.5 Å². The van der Waals surface area contributed by atoms with Crippen molar-refractivity contribution in [2.24, 2.45) is 10.9 Å². The Morgan fingerprint density at radius 2 is 1.38 bits per heavy atom. The van der Waals surface area contributed by atoms with Crippen LogP contribution in [-0.4, -0.2) is 31.9 Å². The van der Waals surface area contributed by atoms with Crippen LogP contribution in [0.1, 0.15) is 40.1 Å². The summed E-state index contributed by atoms with van der Waals surface area (Å²) in [4.78, 5) is 28.6. The lowest BCUT2D eigenvalue weighted by Crippen LogP contribution is -2.09. The molecule has 0 saturated carbocycles. The smallest absolute Gasteiger partial charge is 0.343 e. The van der Waals surface area contributed by atoms with Gasteiger partial charge in [0.15, 0.2) is 0 Å². The van der Waals surface area contributed by atoms with Gasteiger partial charge in [-0.25, -0.2) is 9.59 Å². The average Bonchev–Trinajstić information content (AvgIpc) is 2.82. The van der Waals surface area contributed by atoms with Gasteiger partial charge in [-0.1, -0.05) is 13.8 Å². The summed E-state index contributed by atoms with van der Waals surface area (Å²) >= 11 is 0. The number of esters is 2. The second-order valence-electron chi connectivity index (χ2n) is 7.48. The van der Waals surface area contributed by atoms with Crippen molar-refractivity contribution in [3.8, 4) is 11.5 Å². The number of ether oxygens (including phenoxy) is 3. The fourth-order valence-electron chi connectivity index (χ4n) is 2.67. The van der Waals surface area contributed by atoms with Gasteiger partial charge in [0.2, 0.25) is 0 Å². The van der Waals surface area contributed by atoms with E-state index in [1.54, 1.807) is 86.1 Å². The molecule has 0 amide bonds. The number of nitrogens with zero attached hydrogens (tertiary/aromatic N) is 1. The summed E-state index contributed by atoms with van der Waals surface area (Å²) in [6.45, 7) is 4.37. The summed E-state index contributed by atoms with van der Waals surface area (Å²) in [6.07, 6.45) is 1.70. The molecule has 0 radical (unpaired) electrons. The SMILES string of the molecule is COc1ccc(C(=O)Oc2ccc(C=Nc3ccc(C(=O)OCC(C)C)cc3)cc2)cc1. The minimum atomic E-state index is -0.443. The number of carbonyl (C=O) groups excluding carboxylic acids is 2. The molecule has 0 aromatic heterocycles. The first-order valence-corrected chi connectivity index (χ1v) is 10.2. The number of carbonyl (C=O) groups is 2. The van der Waals surface area contributed by atoms with Gasteiger partial charge in [-0.15, -0.1) is 0 Å². The van der Waals surface area contributed by atoms with Crippen molar-refractivity contribution in [1.82, 2.24) is 0 Å². The number of hydrogen-bond donors (Lipinski definition) is 0. The van der Waals surface area contributed by atoms with Crippen LogP contribution < -0.4 is 9.47 Å². The minimum Gasteiger partial charge on any atom is -0.497 e. The summed E-state index contributed by atoms with van der Waals surface area (Å²) in [6, 6.07) is 20.6. The highest BCUT2D eigenvalue weighted by molar-refractivity contribution is 5.91. The molecule has 0 N–H and O–H groups in total. The van der Waals surface area contributed by atoms with E-state index in [1.807, 2.05) is 13.8 Å². The number of rotatable bonds is 8. The van der Waals surface area contributed by atoms with Crippen LogP contribution in [0.3, 0.4) is 0 Å². The maximum Gasteiger partial charge on any atom is 0.343 e. The molecular formula is C26H25NO5. The van der Waals surface area contributed by atoms with E-state index in [2.05, 4.69) is 4.99 Å². The zero-order valence-corrected chi connectivity index (χ0v) is 18.3. The van der Waals surface area contributed by atoms with Gasteiger partial charge < -0.3 is 14.2 Å². The van der Waals surface area contributed by atoms with Crippen LogP contribution in [0.15, 0.2) is 77.8 Å². The fraction of sp³-hybridized carbons (Fsp3) is 0.192. The van der Waals surface area contributed by atoms with Crippen molar-refractivity contribution in [3.05, 3.63) is 89.5 Å². The molecule has 6 nitrogen and oxygen atoms in total. The molecule has 3 rings (SSSR count). The standard InChI is InChI=1S/C26H25NO5/c1-18(2)17-31-25(28)20-6-10-22(11-7-20)27-16-19-4-12-24(13-5-19)32-26(29)21-8-14-23(30-3)15-9-21/h4-16,18H,17H2,1-3H3. The van der Waals surface area contributed by atoms with Gasteiger partial charge in [0.25, 0.3) is 0 Å². The van der Waals surface area contributed by atoms with Crippen molar-refractivity contribution in [1.29, 1.82) is 0 Å². The first-order chi connectivity index (χ1) is 15.4. The second-order valence-corrected chi connectivity index (χ2v) is 7.48. The van der Waals surface area contributed by atoms with Crippen LogP contribution in [0.5, 0.6) is 11.5 Å². The van der Waals surface area contributed by atoms with E-state index >= 15 is 0 Å². The number of hydrogen-bond acceptors (Lipinski definition) is 6. The Hall–Kier alpha value is -3.93. The Morgan fingerprint density at radius 1 is 0.812 bits per heavy atom. The van der Waals surface area contributed by atoms with E-state index in [4.69, 9.17) is 14.2 Å². The van der Waals surface area contributed by atoms with Crippen molar-refractivity contribution >= 4 is 23.8 Å². The lowest BCUT2D eigenvalue weighted by molar-refractivity contribution is 0.0458. The molecule has 32 heavy (non-hydrogen) atoms. The van der Waals surface area contributed by atoms with Gasteiger partial charge in [-0.3, -0.25) is 4.99 Å². The predicted octanol–water partition coefficient (Wildman–Crippen LogP) is 5.48. The predicted molar refractivity (Wildman–Crippen MR) is 123 cm³/mol. The zero-order valence-electron chi connectivity index (χ0n) is 18.3. The first kappa shape index (κ1) is 22.7. The number of benzene rings is 3. The number of aliphatic imine (C=N–C) groups is 1. The topological polar surface area (TPSA) is 74.2 Å². The highest BCUT2D eigenvalue weighted by Crippen LogP contribution is 2.18. The average molecular weight is 431 g/mol. The Labute approximate surface area is 187 Å². The quantitative estimate of drug-likeness (QED) is 0.268. The minimum absolute atomic E-state index is 0.292. The first-order valence-electron chi connectivity index (χ1n) is 10.2. The largest absolute Gasteiger partial charge is 0.497 e. The Kier molecular flexibility index (Phi) is 7.75. The molecule has 0 heterocycles. The van der Waals surface area contributed by atoms with Crippen molar-refractivity contribution in [2.45, 2.75) is 13.8 Å². The van der Waals surface area contributed by atoms with Gasteiger partial charge in [-0.05, 0) is 84.3 Å². The molecule has 0 saturated heterocycles. The molecule has 164 valence electrons. The Bertz CT molecular complexity index is 1070. The summed E-state index contributed by atoms with van der Waals surface area (Å²) in [7, 11) is 1.57. The van der Waals surface area contributed by atoms with Crippen molar-refractivity contribution in [2.75, 3.05) is 13.7 Å².